The standard InChI is InChI=1S/C20H33N3O3.2ClH/c1-26-18(25)19(13-21)9-14-11-23(12-15(14)10-19)17(24)20(5-2-6-20)16-3-7-22-8-4-16;;/h14-16,22H,2-13,21H2,1H3;2*1H. The Morgan fingerprint density at radius 2 is 1.68 bits per heavy atom. The van der Waals surface area contributed by atoms with Gasteiger partial charge in [0, 0.05) is 19.6 Å². The van der Waals surface area contributed by atoms with Gasteiger partial charge in [-0.05, 0) is 69.4 Å². The zero-order valence-corrected chi connectivity index (χ0v) is 18.4. The number of methoxy groups -OCH3 is 1. The van der Waals surface area contributed by atoms with Crippen molar-refractivity contribution in [2.45, 2.75) is 44.9 Å². The molecule has 0 aromatic rings. The minimum atomic E-state index is -0.525. The molecule has 2 saturated carbocycles. The van der Waals surface area contributed by atoms with E-state index in [-0.39, 0.29) is 36.2 Å². The van der Waals surface area contributed by atoms with Gasteiger partial charge >= 0.3 is 5.97 Å². The van der Waals surface area contributed by atoms with Gasteiger partial charge in [-0.1, -0.05) is 6.42 Å². The van der Waals surface area contributed by atoms with Gasteiger partial charge < -0.3 is 20.7 Å². The van der Waals surface area contributed by atoms with Crippen LogP contribution in [0.3, 0.4) is 0 Å². The lowest BCUT2D eigenvalue weighted by atomic mass is 9.58. The normalized spacial score (nSPS) is 33.9. The van der Waals surface area contributed by atoms with Gasteiger partial charge in [0.15, 0.2) is 0 Å². The van der Waals surface area contributed by atoms with Gasteiger partial charge in [0.05, 0.1) is 17.9 Å². The van der Waals surface area contributed by atoms with Crippen LogP contribution in [0.2, 0.25) is 0 Å². The number of rotatable bonds is 4. The Bertz CT molecular complexity index is 565. The highest BCUT2D eigenvalue weighted by atomic mass is 35.5. The first kappa shape index (κ1) is 23.7. The van der Waals surface area contributed by atoms with E-state index in [1.54, 1.807) is 0 Å². The Kier molecular flexibility index (Phi) is 7.68. The molecule has 28 heavy (non-hydrogen) atoms. The number of nitrogens with two attached hydrogens (primary N) is 1. The van der Waals surface area contributed by atoms with Gasteiger partial charge in [-0.3, -0.25) is 9.59 Å². The Morgan fingerprint density at radius 3 is 2.11 bits per heavy atom. The highest BCUT2D eigenvalue weighted by Gasteiger charge is 2.57. The van der Waals surface area contributed by atoms with E-state index in [1.807, 2.05) is 0 Å². The molecule has 6 nitrogen and oxygen atoms in total. The quantitative estimate of drug-likeness (QED) is 0.659. The van der Waals surface area contributed by atoms with E-state index in [0.717, 1.165) is 64.7 Å². The molecule has 4 fully saturated rings. The number of esters is 1. The summed E-state index contributed by atoms with van der Waals surface area (Å²) in [4.78, 5) is 27.9. The molecule has 162 valence electrons. The molecule has 2 heterocycles. The predicted molar refractivity (Wildman–Crippen MR) is 113 cm³/mol. The number of halogens is 2. The highest BCUT2D eigenvalue weighted by molar-refractivity contribution is 5.86. The number of ether oxygens (including phenoxy) is 1. The summed E-state index contributed by atoms with van der Waals surface area (Å²) in [6.45, 7) is 4.04. The third kappa shape index (κ3) is 3.66. The molecule has 0 radical (unpaired) electrons. The van der Waals surface area contributed by atoms with Crippen molar-refractivity contribution < 1.29 is 14.3 Å². The first-order valence-corrected chi connectivity index (χ1v) is 10.3. The molecule has 2 unspecified atom stereocenters. The summed E-state index contributed by atoms with van der Waals surface area (Å²) in [6, 6.07) is 0. The van der Waals surface area contributed by atoms with Crippen LogP contribution in [0, 0.1) is 28.6 Å². The number of carbonyl (C=O) groups excluding carboxylic acids is 2. The topological polar surface area (TPSA) is 84.7 Å². The van der Waals surface area contributed by atoms with Gasteiger partial charge in [0.1, 0.15) is 0 Å². The molecule has 0 bridgehead atoms. The molecule has 2 atom stereocenters. The number of nitrogens with zero attached hydrogens (tertiary/aromatic N) is 1. The van der Waals surface area contributed by atoms with Gasteiger partial charge in [0.25, 0.3) is 0 Å². The third-order valence-electron chi connectivity index (χ3n) is 7.97. The molecule has 2 aliphatic carbocycles. The SMILES string of the molecule is COC(=O)C1(CN)CC2CN(C(=O)C3(C4CCNCC4)CCC3)CC2C1.Cl.Cl. The second-order valence-electron chi connectivity index (χ2n) is 9.15. The summed E-state index contributed by atoms with van der Waals surface area (Å²) in [5, 5.41) is 3.43. The van der Waals surface area contributed by atoms with Crippen LogP contribution in [-0.4, -0.2) is 56.6 Å². The first-order chi connectivity index (χ1) is 12.5. The lowest BCUT2D eigenvalue weighted by Gasteiger charge is -2.49. The van der Waals surface area contributed by atoms with Crippen LogP contribution in [0.4, 0.5) is 0 Å². The fraction of sp³-hybridized carbons (Fsp3) is 0.900. The van der Waals surface area contributed by atoms with Crippen molar-refractivity contribution in [2.75, 3.05) is 39.8 Å². The molecular formula is C20H35Cl2N3O3. The molecule has 4 aliphatic rings. The fourth-order valence-electron chi connectivity index (χ4n) is 6.33. The molecule has 0 spiro atoms. The van der Waals surface area contributed by atoms with Crippen LogP contribution >= 0.6 is 24.8 Å². The van der Waals surface area contributed by atoms with E-state index in [2.05, 4.69) is 10.2 Å². The second kappa shape index (κ2) is 9.07. The van der Waals surface area contributed by atoms with Gasteiger partial charge in [-0.15, -0.1) is 24.8 Å². The predicted octanol–water partition coefficient (Wildman–Crippen LogP) is 1.99. The zero-order chi connectivity index (χ0) is 18.4. The summed E-state index contributed by atoms with van der Waals surface area (Å²) < 4.78 is 5.02. The van der Waals surface area contributed by atoms with Crippen molar-refractivity contribution in [3.63, 3.8) is 0 Å². The molecule has 2 aliphatic heterocycles. The molecule has 4 rings (SSSR count). The number of likely N-dealkylation sites (tertiary alicyclic amines) is 1. The van der Waals surface area contributed by atoms with Crippen LogP contribution in [0.15, 0.2) is 0 Å². The van der Waals surface area contributed by atoms with Crippen molar-refractivity contribution >= 4 is 36.7 Å². The van der Waals surface area contributed by atoms with Crippen molar-refractivity contribution in [1.82, 2.24) is 10.2 Å². The summed E-state index contributed by atoms with van der Waals surface area (Å²) >= 11 is 0. The number of amides is 1. The Morgan fingerprint density at radius 1 is 1.11 bits per heavy atom. The van der Waals surface area contributed by atoms with Crippen molar-refractivity contribution in [2.24, 2.45) is 34.3 Å². The van der Waals surface area contributed by atoms with E-state index in [0.29, 0.717) is 30.2 Å². The maximum absolute atomic E-state index is 13.5. The average Bonchev–Trinajstić information content (AvgIpc) is 3.17. The lowest BCUT2D eigenvalue weighted by molar-refractivity contribution is -0.154. The molecule has 8 heteroatoms. The van der Waals surface area contributed by atoms with E-state index in [1.165, 1.54) is 13.5 Å². The van der Waals surface area contributed by atoms with Crippen molar-refractivity contribution in [3.8, 4) is 0 Å². The third-order valence-corrected chi connectivity index (χ3v) is 7.97. The van der Waals surface area contributed by atoms with Crippen molar-refractivity contribution in [1.29, 1.82) is 0 Å². The largest absolute Gasteiger partial charge is 0.469 e. The van der Waals surface area contributed by atoms with E-state index >= 15 is 0 Å². The second-order valence-corrected chi connectivity index (χ2v) is 9.15. The molecular weight excluding hydrogens is 401 g/mol. The van der Waals surface area contributed by atoms with Gasteiger partial charge in [0.2, 0.25) is 5.91 Å². The lowest BCUT2D eigenvalue weighted by Crippen LogP contribution is -2.54. The number of carbonyl (C=O) groups is 2. The molecule has 2 saturated heterocycles. The summed E-state index contributed by atoms with van der Waals surface area (Å²) in [6.07, 6.45) is 7.12. The van der Waals surface area contributed by atoms with Crippen molar-refractivity contribution in [3.05, 3.63) is 0 Å². The first-order valence-electron chi connectivity index (χ1n) is 10.3. The van der Waals surface area contributed by atoms with Gasteiger partial charge in [-0.25, -0.2) is 0 Å². The molecule has 0 aromatic carbocycles. The molecule has 0 aromatic heterocycles. The highest BCUT2D eigenvalue weighted by Crippen LogP contribution is 2.54. The maximum atomic E-state index is 13.5. The van der Waals surface area contributed by atoms with E-state index in [9.17, 15) is 9.59 Å². The minimum Gasteiger partial charge on any atom is -0.469 e. The summed E-state index contributed by atoms with van der Waals surface area (Å²) in [7, 11) is 1.45. The summed E-state index contributed by atoms with van der Waals surface area (Å²) in [5.41, 5.74) is 5.34. The smallest absolute Gasteiger partial charge is 0.313 e. The number of nitrogens with one attached hydrogen (secondary N) is 1. The Labute approximate surface area is 180 Å². The number of hydrogen-bond acceptors (Lipinski definition) is 5. The zero-order valence-electron chi connectivity index (χ0n) is 16.8. The Hall–Kier alpha value is -0.560. The molecule has 1 amide bonds. The maximum Gasteiger partial charge on any atom is 0.313 e. The minimum absolute atomic E-state index is 0. The van der Waals surface area contributed by atoms with Crippen LogP contribution in [0.1, 0.15) is 44.9 Å². The monoisotopic (exact) mass is 435 g/mol. The fourth-order valence-corrected chi connectivity index (χ4v) is 6.33. The Balaban J connectivity index is 0.00000140. The number of hydrogen-bond donors (Lipinski definition) is 2. The van der Waals surface area contributed by atoms with Crippen LogP contribution in [0.25, 0.3) is 0 Å². The summed E-state index contributed by atoms with van der Waals surface area (Å²) in [5.74, 6) is 1.57. The average molecular weight is 436 g/mol. The van der Waals surface area contributed by atoms with Crippen LogP contribution in [-0.2, 0) is 14.3 Å². The van der Waals surface area contributed by atoms with Crippen LogP contribution < -0.4 is 11.1 Å². The molecule has 3 N–H and O–H groups in total. The number of piperidine rings is 1. The van der Waals surface area contributed by atoms with E-state index < -0.39 is 5.41 Å². The number of fused-ring (bicyclic) bond motifs is 1. The van der Waals surface area contributed by atoms with E-state index in [4.69, 9.17) is 10.5 Å². The van der Waals surface area contributed by atoms with Crippen LogP contribution in [0.5, 0.6) is 0 Å². The van der Waals surface area contributed by atoms with Gasteiger partial charge in [-0.2, -0.15) is 0 Å².